The molecular formula is C24H24N2O6. The fourth-order valence-corrected chi connectivity index (χ4v) is 3.33. The molecule has 166 valence electrons. The maximum absolute atomic E-state index is 13.1. The lowest BCUT2D eigenvalue weighted by Gasteiger charge is -2.34. The number of benzene rings is 2. The molecule has 0 amide bonds. The smallest absolute Gasteiger partial charge is 0.320 e. The molecule has 0 aliphatic carbocycles. The number of aldehydes is 1. The van der Waals surface area contributed by atoms with Crippen LogP contribution in [0.4, 0.5) is 0 Å². The van der Waals surface area contributed by atoms with Gasteiger partial charge in [0, 0.05) is 0 Å². The lowest BCUT2D eigenvalue weighted by molar-refractivity contribution is -0.161. The zero-order valence-electron chi connectivity index (χ0n) is 18.1. The normalized spacial score (nSPS) is 13.5. The molecule has 0 radical (unpaired) electrons. The molecular weight excluding hydrogens is 412 g/mol. The quantitative estimate of drug-likeness (QED) is 0.353. The summed E-state index contributed by atoms with van der Waals surface area (Å²) in [5, 5.41) is 0. The van der Waals surface area contributed by atoms with Crippen molar-refractivity contribution in [2.24, 2.45) is 0 Å². The highest BCUT2D eigenvalue weighted by molar-refractivity contribution is 5.86. The van der Waals surface area contributed by atoms with Crippen molar-refractivity contribution in [3.8, 4) is 11.8 Å². The number of carbonyl (C=O) groups is 2. The van der Waals surface area contributed by atoms with Crippen molar-refractivity contribution >= 4 is 12.3 Å². The highest BCUT2D eigenvalue weighted by Gasteiger charge is 2.50. The highest BCUT2D eigenvalue weighted by Crippen LogP contribution is 2.40. The Bertz CT molecular complexity index is 1020. The number of nitrogens with zero attached hydrogens (tertiary/aromatic N) is 2. The summed E-state index contributed by atoms with van der Waals surface area (Å²) in [5.41, 5.74) is -0.504. The van der Waals surface area contributed by atoms with Gasteiger partial charge in [-0.25, -0.2) is 0 Å². The van der Waals surface area contributed by atoms with Crippen LogP contribution in [0.1, 0.15) is 22.9 Å². The van der Waals surface area contributed by atoms with Gasteiger partial charge in [-0.3, -0.25) is 9.59 Å². The van der Waals surface area contributed by atoms with E-state index in [1.54, 1.807) is 30.3 Å². The highest BCUT2D eigenvalue weighted by atomic mass is 16.5. The molecule has 0 aliphatic rings. The van der Waals surface area contributed by atoms with Crippen LogP contribution in [-0.2, 0) is 31.3 Å². The van der Waals surface area contributed by atoms with E-state index in [0.29, 0.717) is 11.8 Å². The van der Waals surface area contributed by atoms with Crippen LogP contribution in [-0.4, -0.2) is 43.6 Å². The van der Waals surface area contributed by atoms with E-state index in [1.807, 2.05) is 30.3 Å². The van der Waals surface area contributed by atoms with Gasteiger partial charge in [-0.05, 0) is 11.1 Å². The van der Waals surface area contributed by atoms with Crippen molar-refractivity contribution in [3.05, 3.63) is 83.7 Å². The van der Waals surface area contributed by atoms with E-state index < -0.39 is 17.5 Å². The molecule has 3 aromatic rings. The molecule has 0 fully saturated rings. The van der Waals surface area contributed by atoms with Crippen molar-refractivity contribution < 1.29 is 28.5 Å². The van der Waals surface area contributed by atoms with E-state index in [-0.39, 0.29) is 24.2 Å². The molecule has 2 unspecified atom stereocenters. The molecule has 0 saturated carbocycles. The Morgan fingerprint density at radius 2 is 1.50 bits per heavy atom. The first-order chi connectivity index (χ1) is 15.6. The van der Waals surface area contributed by atoms with Gasteiger partial charge in [0.1, 0.15) is 0 Å². The van der Waals surface area contributed by atoms with Gasteiger partial charge in [-0.15, -0.1) is 0 Å². The van der Waals surface area contributed by atoms with Crippen LogP contribution < -0.4 is 9.47 Å². The number of methoxy groups -OCH3 is 3. The fourth-order valence-electron chi connectivity index (χ4n) is 3.33. The Morgan fingerprint density at radius 1 is 0.938 bits per heavy atom. The third kappa shape index (κ3) is 4.76. The summed E-state index contributed by atoms with van der Waals surface area (Å²) in [5.74, 6) is -1.78. The van der Waals surface area contributed by atoms with Crippen molar-refractivity contribution in [2.45, 2.75) is 18.1 Å². The van der Waals surface area contributed by atoms with E-state index in [1.165, 1.54) is 27.4 Å². The first-order valence-corrected chi connectivity index (χ1v) is 9.82. The Morgan fingerprint density at radius 3 is 2.00 bits per heavy atom. The van der Waals surface area contributed by atoms with Gasteiger partial charge < -0.3 is 18.9 Å². The summed E-state index contributed by atoms with van der Waals surface area (Å²) >= 11 is 0. The van der Waals surface area contributed by atoms with Gasteiger partial charge in [-0.2, -0.15) is 9.97 Å². The number of rotatable bonds is 10. The van der Waals surface area contributed by atoms with Crippen molar-refractivity contribution in [3.63, 3.8) is 0 Å². The van der Waals surface area contributed by atoms with Gasteiger partial charge in [0.15, 0.2) is 23.6 Å². The molecule has 2 atom stereocenters. The summed E-state index contributed by atoms with van der Waals surface area (Å²) in [6, 6.07) is 19.5. The first-order valence-electron chi connectivity index (χ1n) is 9.82. The summed E-state index contributed by atoms with van der Waals surface area (Å²) in [7, 11) is 4.08. The van der Waals surface area contributed by atoms with Gasteiger partial charge in [0.25, 0.3) is 0 Å². The minimum Gasteiger partial charge on any atom is -0.481 e. The molecule has 0 aliphatic heterocycles. The Kier molecular flexibility index (Phi) is 7.51. The summed E-state index contributed by atoms with van der Waals surface area (Å²) in [6.07, 6.45) is 0.585. The number of ether oxygens (including phenoxy) is 4. The second kappa shape index (κ2) is 10.5. The summed E-state index contributed by atoms with van der Waals surface area (Å²) in [4.78, 5) is 34.4. The molecule has 1 aromatic heterocycles. The van der Waals surface area contributed by atoms with Gasteiger partial charge in [-0.1, -0.05) is 60.7 Å². The number of hydrogen-bond acceptors (Lipinski definition) is 8. The van der Waals surface area contributed by atoms with Crippen LogP contribution in [0.15, 0.2) is 66.7 Å². The number of esters is 1. The van der Waals surface area contributed by atoms with Crippen molar-refractivity contribution in [1.82, 2.24) is 9.97 Å². The largest absolute Gasteiger partial charge is 0.481 e. The van der Waals surface area contributed by atoms with Gasteiger partial charge >= 0.3 is 5.97 Å². The Balaban J connectivity index is 2.20. The standard InChI is InChI=1S/C24H24N2O6/c1-29-19-14-20(30-2)26-22(25-19)21(23(28)31-3)24(16-27,18-12-8-5-9-13-18)32-15-17-10-6-4-7-11-17/h4-14,16,21H,15H2,1-3H3. The molecule has 32 heavy (non-hydrogen) atoms. The van der Waals surface area contributed by atoms with E-state index in [4.69, 9.17) is 18.9 Å². The molecule has 8 nitrogen and oxygen atoms in total. The van der Waals surface area contributed by atoms with E-state index in [0.717, 1.165) is 5.56 Å². The second-order valence-electron chi connectivity index (χ2n) is 6.82. The third-order valence-corrected chi connectivity index (χ3v) is 4.96. The average Bonchev–Trinajstić information content (AvgIpc) is 2.87. The molecule has 0 saturated heterocycles. The predicted octanol–water partition coefficient (Wildman–Crippen LogP) is 3.06. The minimum absolute atomic E-state index is 0.0305. The van der Waals surface area contributed by atoms with Crippen LogP contribution in [0.3, 0.4) is 0 Å². The lowest BCUT2D eigenvalue weighted by atomic mass is 9.81. The van der Waals surface area contributed by atoms with E-state index in [9.17, 15) is 9.59 Å². The molecule has 3 rings (SSSR count). The monoisotopic (exact) mass is 436 g/mol. The molecule has 0 spiro atoms. The molecule has 0 bridgehead atoms. The number of aromatic nitrogens is 2. The minimum atomic E-state index is -1.78. The average molecular weight is 436 g/mol. The molecule has 0 N–H and O–H groups in total. The van der Waals surface area contributed by atoms with E-state index in [2.05, 4.69) is 9.97 Å². The molecule has 8 heteroatoms. The Hall–Kier alpha value is -3.78. The van der Waals surface area contributed by atoms with Crippen LogP contribution in [0.2, 0.25) is 0 Å². The summed E-state index contributed by atoms with van der Waals surface area (Å²) < 4.78 is 21.7. The van der Waals surface area contributed by atoms with Crippen molar-refractivity contribution in [2.75, 3.05) is 21.3 Å². The van der Waals surface area contributed by atoms with Crippen LogP contribution in [0, 0.1) is 0 Å². The van der Waals surface area contributed by atoms with Crippen LogP contribution >= 0.6 is 0 Å². The maximum atomic E-state index is 13.1. The SMILES string of the molecule is COC(=O)C(c1nc(OC)cc(OC)n1)C(C=O)(OCc1ccccc1)c1ccccc1. The summed E-state index contributed by atoms with van der Waals surface area (Å²) in [6.45, 7) is 0.0586. The third-order valence-electron chi connectivity index (χ3n) is 4.96. The van der Waals surface area contributed by atoms with E-state index >= 15 is 0 Å². The zero-order chi connectivity index (χ0) is 23.0. The van der Waals surface area contributed by atoms with Gasteiger partial charge in [0.05, 0.1) is 34.0 Å². The van der Waals surface area contributed by atoms with Crippen LogP contribution in [0.25, 0.3) is 0 Å². The molecule has 1 heterocycles. The second-order valence-corrected chi connectivity index (χ2v) is 6.82. The van der Waals surface area contributed by atoms with Crippen molar-refractivity contribution in [1.29, 1.82) is 0 Å². The number of carbonyl (C=O) groups excluding carboxylic acids is 2. The Labute approximate surface area is 186 Å². The fraction of sp³-hybridized carbons (Fsp3) is 0.250. The number of hydrogen-bond donors (Lipinski definition) is 0. The first kappa shape index (κ1) is 22.9. The maximum Gasteiger partial charge on any atom is 0.320 e. The molecule has 2 aromatic carbocycles. The van der Waals surface area contributed by atoms with Crippen LogP contribution in [0.5, 0.6) is 11.8 Å². The predicted molar refractivity (Wildman–Crippen MR) is 115 cm³/mol. The van der Waals surface area contributed by atoms with Gasteiger partial charge in [0.2, 0.25) is 11.8 Å². The zero-order valence-corrected chi connectivity index (χ0v) is 18.1. The lowest BCUT2D eigenvalue weighted by Crippen LogP contribution is -2.43. The topological polar surface area (TPSA) is 96.8 Å².